The van der Waals surface area contributed by atoms with Gasteiger partial charge in [0.15, 0.2) is 5.96 Å². The highest BCUT2D eigenvalue weighted by Gasteiger charge is 2.53. The number of amides is 1. The lowest BCUT2D eigenvalue weighted by molar-refractivity contribution is -0.130. The van der Waals surface area contributed by atoms with Crippen LogP contribution in [-0.4, -0.2) is 53.9 Å². The van der Waals surface area contributed by atoms with Crippen molar-refractivity contribution in [3.05, 3.63) is 35.9 Å². The molecule has 1 aromatic rings. The molecule has 0 atom stereocenters. The van der Waals surface area contributed by atoms with Crippen molar-refractivity contribution in [2.24, 2.45) is 10.4 Å². The number of rotatable bonds is 5. The predicted octanol–water partition coefficient (Wildman–Crippen LogP) is 3.35. The molecule has 26 heavy (non-hydrogen) atoms. The van der Waals surface area contributed by atoms with Crippen LogP contribution < -0.4 is 5.32 Å². The molecule has 0 unspecified atom stereocenters. The molecule has 0 bridgehead atoms. The van der Waals surface area contributed by atoms with Gasteiger partial charge in [-0.15, -0.1) is 24.0 Å². The van der Waals surface area contributed by atoms with E-state index in [0.29, 0.717) is 13.1 Å². The van der Waals surface area contributed by atoms with Crippen LogP contribution in [0.1, 0.15) is 40.2 Å². The van der Waals surface area contributed by atoms with Gasteiger partial charge in [-0.25, -0.2) is 0 Å². The number of carbonyl (C=O) groups excluding carboxylic acids is 1. The van der Waals surface area contributed by atoms with Crippen molar-refractivity contribution in [1.82, 2.24) is 15.1 Å². The molecule has 6 heteroatoms. The van der Waals surface area contributed by atoms with Gasteiger partial charge in [0.05, 0.1) is 6.54 Å². The monoisotopic (exact) mass is 472 g/mol. The van der Waals surface area contributed by atoms with Gasteiger partial charge in [0.2, 0.25) is 5.91 Å². The first-order chi connectivity index (χ1) is 11.7. The van der Waals surface area contributed by atoms with Gasteiger partial charge in [0, 0.05) is 37.6 Å². The van der Waals surface area contributed by atoms with Crippen molar-refractivity contribution >= 4 is 35.8 Å². The average Bonchev–Trinajstić information content (AvgIpc) is 2.59. The molecule has 1 aromatic carbocycles. The van der Waals surface area contributed by atoms with E-state index in [0.717, 1.165) is 18.1 Å². The van der Waals surface area contributed by atoms with Crippen LogP contribution in [0.25, 0.3) is 0 Å². The van der Waals surface area contributed by atoms with Crippen LogP contribution in [0.15, 0.2) is 35.3 Å². The molecule has 0 radical (unpaired) electrons. The third-order valence-corrected chi connectivity index (χ3v) is 5.70. The van der Waals surface area contributed by atoms with Crippen LogP contribution in [0.3, 0.4) is 0 Å². The van der Waals surface area contributed by atoms with Gasteiger partial charge >= 0.3 is 0 Å². The van der Waals surface area contributed by atoms with Crippen molar-refractivity contribution in [3.8, 4) is 0 Å². The van der Waals surface area contributed by atoms with E-state index in [2.05, 4.69) is 42.9 Å². The Morgan fingerprint density at radius 1 is 1.23 bits per heavy atom. The van der Waals surface area contributed by atoms with Crippen LogP contribution in [0.5, 0.6) is 0 Å². The topological polar surface area (TPSA) is 47.9 Å². The molecule has 0 aromatic heterocycles. The Bertz CT molecular complexity index is 628. The summed E-state index contributed by atoms with van der Waals surface area (Å²) in [6.07, 6.45) is 0. The summed E-state index contributed by atoms with van der Waals surface area (Å²) in [4.78, 5) is 21.1. The van der Waals surface area contributed by atoms with E-state index in [9.17, 15) is 4.79 Å². The molecular formula is C20H33IN4O. The molecule has 0 spiro atoms. The number of benzene rings is 1. The summed E-state index contributed by atoms with van der Waals surface area (Å²) in [5.41, 5.74) is 1.40. The van der Waals surface area contributed by atoms with E-state index in [-0.39, 0.29) is 47.4 Å². The SMILES string of the molecule is CCN(Cc1ccccc1)C(=O)CNC(=NC)N1CC(C)(C)C1(C)C.I. The van der Waals surface area contributed by atoms with Gasteiger partial charge in [-0.3, -0.25) is 9.79 Å². The van der Waals surface area contributed by atoms with Crippen molar-refractivity contribution in [3.63, 3.8) is 0 Å². The molecule has 0 saturated carbocycles. The molecule has 1 aliphatic rings. The number of nitrogens with zero attached hydrogens (tertiary/aromatic N) is 3. The fraction of sp³-hybridized carbons (Fsp3) is 0.600. The van der Waals surface area contributed by atoms with Crippen molar-refractivity contribution in [1.29, 1.82) is 0 Å². The van der Waals surface area contributed by atoms with E-state index in [1.807, 2.05) is 42.2 Å². The maximum Gasteiger partial charge on any atom is 0.242 e. The van der Waals surface area contributed by atoms with E-state index < -0.39 is 0 Å². The quantitative estimate of drug-likeness (QED) is 0.406. The van der Waals surface area contributed by atoms with Crippen LogP contribution in [0, 0.1) is 5.41 Å². The zero-order valence-electron chi connectivity index (χ0n) is 16.9. The molecule has 1 N–H and O–H groups in total. The second-order valence-electron chi connectivity index (χ2n) is 7.82. The third kappa shape index (κ3) is 4.69. The fourth-order valence-corrected chi connectivity index (χ4v) is 3.14. The van der Waals surface area contributed by atoms with Gasteiger partial charge < -0.3 is 15.1 Å². The predicted molar refractivity (Wildman–Crippen MR) is 119 cm³/mol. The van der Waals surface area contributed by atoms with Gasteiger partial charge in [-0.2, -0.15) is 0 Å². The summed E-state index contributed by atoms with van der Waals surface area (Å²) < 4.78 is 0. The highest BCUT2D eigenvalue weighted by Crippen LogP contribution is 2.46. The van der Waals surface area contributed by atoms with E-state index in [1.54, 1.807) is 7.05 Å². The third-order valence-electron chi connectivity index (χ3n) is 5.70. The normalized spacial score (nSPS) is 17.8. The molecule has 1 aliphatic heterocycles. The first-order valence-electron chi connectivity index (χ1n) is 9.03. The van der Waals surface area contributed by atoms with Crippen molar-refractivity contribution in [2.45, 2.75) is 46.7 Å². The summed E-state index contributed by atoms with van der Waals surface area (Å²) >= 11 is 0. The number of carbonyl (C=O) groups is 1. The van der Waals surface area contributed by atoms with Crippen LogP contribution >= 0.6 is 24.0 Å². The number of likely N-dealkylation sites (tertiary alicyclic amines) is 1. The zero-order valence-corrected chi connectivity index (χ0v) is 19.2. The molecule has 146 valence electrons. The summed E-state index contributed by atoms with van der Waals surface area (Å²) in [5.74, 6) is 0.888. The minimum absolute atomic E-state index is 0. The molecule has 0 aliphatic carbocycles. The number of likely N-dealkylation sites (N-methyl/N-ethyl adjacent to an activating group) is 1. The average molecular weight is 472 g/mol. The highest BCUT2D eigenvalue weighted by atomic mass is 127. The van der Waals surface area contributed by atoms with Crippen LogP contribution in [0.2, 0.25) is 0 Å². The number of halogens is 1. The van der Waals surface area contributed by atoms with E-state index in [4.69, 9.17) is 0 Å². The van der Waals surface area contributed by atoms with Crippen LogP contribution in [0.4, 0.5) is 0 Å². The smallest absolute Gasteiger partial charge is 0.242 e. The van der Waals surface area contributed by atoms with Crippen molar-refractivity contribution < 1.29 is 4.79 Å². The lowest BCUT2D eigenvalue weighted by Gasteiger charge is -2.62. The second kappa shape index (κ2) is 9.06. The standard InChI is InChI=1S/C20H32N4O.HI/c1-7-23(14-16-11-9-8-10-12-16)17(25)13-22-18(21-6)24-15-19(2,3)20(24,4)5;/h8-12H,7,13-15H2,1-6H3,(H,21,22);1H. The first kappa shape index (κ1) is 22.7. The summed E-state index contributed by atoms with van der Waals surface area (Å²) in [6.45, 7) is 13.5. The van der Waals surface area contributed by atoms with Gasteiger partial charge in [-0.1, -0.05) is 44.2 Å². The number of hydrogen-bond donors (Lipinski definition) is 1. The minimum Gasteiger partial charge on any atom is -0.347 e. The lowest BCUT2D eigenvalue weighted by Crippen LogP contribution is -2.72. The Kier molecular flexibility index (Phi) is 7.92. The Morgan fingerprint density at radius 3 is 2.31 bits per heavy atom. The Labute approximate surface area is 175 Å². The van der Waals surface area contributed by atoms with E-state index in [1.165, 1.54) is 0 Å². The molecule has 2 rings (SSSR count). The Hall–Kier alpha value is -1.31. The zero-order chi connectivity index (χ0) is 18.7. The lowest BCUT2D eigenvalue weighted by atomic mass is 9.65. The summed E-state index contributed by atoms with van der Waals surface area (Å²) in [7, 11) is 1.77. The number of aliphatic imine (C=N–C) groups is 1. The number of guanidine groups is 1. The number of nitrogens with one attached hydrogen (secondary N) is 1. The summed E-state index contributed by atoms with van der Waals surface area (Å²) in [6, 6.07) is 10.1. The second-order valence-corrected chi connectivity index (χ2v) is 7.82. The molecule has 1 saturated heterocycles. The molecular weight excluding hydrogens is 439 g/mol. The summed E-state index contributed by atoms with van der Waals surface area (Å²) in [5, 5.41) is 3.25. The van der Waals surface area contributed by atoms with Crippen molar-refractivity contribution in [2.75, 3.05) is 26.7 Å². The first-order valence-corrected chi connectivity index (χ1v) is 9.03. The molecule has 1 fully saturated rings. The maximum atomic E-state index is 12.6. The molecule has 1 amide bonds. The maximum absolute atomic E-state index is 12.6. The fourth-order valence-electron chi connectivity index (χ4n) is 3.14. The van der Waals surface area contributed by atoms with Gasteiger partial charge in [-0.05, 0) is 26.3 Å². The van der Waals surface area contributed by atoms with Gasteiger partial charge in [0.1, 0.15) is 0 Å². The van der Waals surface area contributed by atoms with Gasteiger partial charge in [0.25, 0.3) is 0 Å². The molecule has 5 nitrogen and oxygen atoms in total. The minimum atomic E-state index is 0. The highest BCUT2D eigenvalue weighted by molar-refractivity contribution is 14.0. The molecule has 1 heterocycles. The van der Waals surface area contributed by atoms with E-state index >= 15 is 0 Å². The largest absolute Gasteiger partial charge is 0.347 e. The Morgan fingerprint density at radius 2 is 1.85 bits per heavy atom. The van der Waals surface area contributed by atoms with Crippen LogP contribution in [-0.2, 0) is 11.3 Å². The number of hydrogen-bond acceptors (Lipinski definition) is 2. The Balaban J connectivity index is 0.00000338.